The van der Waals surface area contributed by atoms with Crippen molar-refractivity contribution in [2.75, 3.05) is 0 Å². The van der Waals surface area contributed by atoms with E-state index >= 15 is 0 Å². The van der Waals surface area contributed by atoms with Crippen LogP contribution in [0.2, 0.25) is 0 Å². The van der Waals surface area contributed by atoms with Crippen LogP contribution in [0.4, 0.5) is 0 Å². The summed E-state index contributed by atoms with van der Waals surface area (Å²) in [5.74, 6) is 0. The maximum Gasteiger partial charge on any atom is 0.0294 e. The molecule has 0 bridgehead atoms. The quantitative estimate of drug-likeness (QED) is 0.676. The molecule has 1 unspecified atom stereocenters. The van der Waals surface area contributed by atoms with Crippen LogP contribution >= 0.6 is 11.3 Å². The Kier molecular flexibility index (Phi) is 4.49. The Morgan fingerprint density at radius 1 is 0.905 bits per heavy atom. The monoisotopic (exact) mass is 293 g/mol. The number of hydrogen-bond donors (Lipinski definition) is 1. The normalized spacial score (nSPS) is 12.2. The highest BCUT2D eigenvalue weighted by atomic mass is 32.1. The molecule has 0 radical (unpaired) electrons. The van der Waals surface area contributed by atoms with Crippen LogP contribution in [0.25, 0.3) is 11.1 Å². The topological polar surface area (TPSA) is 12.0 Å². The molecule has 0 saturated carbocycles. The Morgan fingerprint density at radius 3 is 2.29 bits per heavy atom. The summed E-state index contributed by atoms with van der Waals surface area (Å²) >= 11 is 1.77. The van der Waals surface area contributed by atoms with Gasteiger partial charge in [-0.2, -0.15) is 11.3 Å². The Hall–Kier alpha value is -1.90. The van der Waals surface area contributed by atoms with Gasteiger partial charge in [-0.25, -0.2) is 0 Å². The summed E-state index contributed by atoms with van der Waals surface area (Å²) in [7, 11) is 0. The minimum Gasteiger partial charge on any atom is -0.306 e. The van der Waals surface area contributed by atoms with Gasteiger partial charge in [-0.15, -0.1) is 0 Å². The second-order valence-electron chi connectivity index (χ2n) is 5.19. The van der Waals surface area contributed by atoms with Crippen molar-refractivity contribution in [3.8, 4) is 11.1 Å². The third kappa shape index (κ3) is 3.41. The lowest BCUT2D eigenvalue weighted by molar-refractivity contribution is 0.576. The van der Waals surface area contributed by atoms with Crippen LogP contribution in [0.3, 0.4) is 0 Å². The van der Waals surface area contributed by atoms with Gasteiger partial charge in [0.1, 0.15) is 0 Å². The van der Waals surface area contributed by atoms with Crippen molar-refractivity contribution >= 4 is 11.3 Å². The van der Waals surface area contributed by atoms with E-state index < -0.39 is 0 Å². The lowest BCUT2D eigenvalue weighted by Crippen LogP contribution is -2.17. The molecule has 0 spiro atoms. The lowest BCUT2D eigenvalue weighted by Gasteiger charge is -2.14. The van der Waals surface area contributed by atoms with Gasteiger partial charge in [-0.3, -0.25) is 0 Å². The van der Waals surface area contributed by atoms with Crippen LogP contribution < -0.4 is 5.32 Å². The van der Waals surface area contributed by atoms with Crippen molar-refractivity contribution in [2.24, 2.45) is 0 Å². The van der Waals surface area contributed by atoms with Gasteiger partial charge >= 0.3 is 0 Å². The summed E-state index contributed by atoms with van der Waals surface area (Å²) in [6, 6.07) is 21.5. The SMILES string of the molecule is CC(NCc1cscc1-c1ccccc1)c1ccccc1. The maximum atomic E-state index is 3.62. The van der Waals surface area contributed by atoms with E-state index in [9.17, 15) is 0 Å². The molecule has 0 saturated heterocycles. The first-order valence-corrected chi connectivity index (χ1v) is 8.17. The zero-order valence-electron chi connectivity index (χ0n) is 12.1. The van der Waals surface area contributed by atoms with Crippen LogP contribution in [0.15, 0.2) is 71.4 Å². The van der Waals surface area contributed by atoms with E-state index in [1.54, 1.807) is 11.3 Å². The zero-order chi connectivity index (χ0) is 14.5. The first-order valence-electron chi connectivity index (χ1n) is 7.23. The number of hydrogen-bond acceptors (Lipinski definition) is 2. The van der Waals surface area contributed by atoms with Gasteiger partial charge in [0.25, 0.3) is 0 Å². The van der Waals surface area contributed by atoms with E-state index in [0.29, 0.717) is 6.04 Å². The van der Waals surface area contributed by atoms with Crippen molar-refractivity contribution in [1.29, 1.82) is 0 Å². The molecule has 1 aromatic heterocycles. The Labute approximate surface area is 130 Å². The van der Waals surface area contributed by atoms with Crippen LogP contribution in [0, 0.1) is 0 Å². The largest absolute Gasteiger partial charge is 0.306 e. The van der Waals surface area contributed by atoms with Crippen LogP contribution in [0.1, 0.15) is 24.1 Å². The molecule has 0 aliphatic heterocycles. The van der Waals surface area contributed by atoms with E-state index in [4.69, 9.17) is 0 Å². The van der Waals surface area contributed by atoms with Gasteiger partial charge in [0, 0.05) is 12.6 Å². The highest BCUT2D eigenvalue weighted by Crippen LogP contribution is 2.27. The molecular weight excluding hydrogens is 274 g/mol. The summed E-state index contributed by atoms with van der Waals surface area (Å²) in [5.41, 5.74) is 5.33. The highest BCUT2D eigenvalue weighted by Gasteiger charge is 2.08. The Bertz CT molecular complexity index is 673. The summed E-state index contributed by atoms with van der Waals surface area (Å²) in [5, 5.41) is 8.10. The van der Waals surface area contributed by atoms with Gasteiger partial charge in [0.05, 0.1) is 0 Å². The molecule has 2 heteroatoms. The highest BCUT2D eigenvalue weighted by molar-refractivity contribution is 7.08. The third-order valence-corrected chi connectivity index (χ3v) is 4.52. The fourth-order valence-corrected chi connectivity index (χ4v) is 3.32. The minimum absolute atomic E-state index is 0.356. The lowest BCUT2D eigenvalue weighted by atomic mass is 10.0. The van der Waals surface area contributed by atoms with Crippen molar-refractivity contribution in [1.82, 2.24) is 5.32 Å². The molecule has 1 atom stereocenters. The first kappa shape index (κ1) is 14.1. The molecule has 0 aliphatic carbocycles. The van der Waals surface area contributed by atoms with E-state index in [1.807, 2.05) is 0 Å². The van der Waals surface area contributed by atoms with Crippen LogP contribution in [-0.2, 0) is 6.54 Å². The van der Waals surface area contributed by atoms with Crippen LogP contribution in [-0.4, -0.2) is 0 Å². The van der Waals surface area contributed by atoms with Gasteiger partial charge in [-0.1, -0.05) is 60.7 Å². The van der Waals surface area contributed by atoms with Gasteiger partial charge < -0.3 is 5.32 Å². The Morgan fingerprint density at radius 2 is 1.57 bits per heavy atom. The van der Waals surface area contributed by atoms with Gasteiger partial charge in [-0.05, 0) is 39.9 Å². The van der Waals surface area contributed by atoms with Crippen LogP contribution in [0.5, 0.6) is 0 Å². The fourth-order valence-electron chi connectivity index (χ4n) is 2.45. The number of thiophene rings is 1. The van der Waals surface area contributed by atoms with Crippen molar-refractivity contribution < 1.29 is 0 Å². The summed E-state index contributed by atoms with van der Waals surface area (Å²) in [6.45, 7) is 3.10. The summed E-state index contributed by atoms with van der Waals surface area (Å²) in [4.78, 5) is 0. The number of rotatable bonds is 5. The molecule has 0 amide bonds. The molecular formula is C19H19NS. The third-order valence-electron chi connectivity index (χ3n) is 3.73. The molecule has 21 heavy (non-hydrogen) atoms. The summed E-state index contributed by atoms with van der Waals surface area (Å²) < 4.78 is 0. The summed E-state index contributed by atoms with van der Waals surface area (Å²) in [6.07, 6.45) is 0. The maximum absolute atomic E-state index is 3.62. The predicted molar refractivity (Wildman–Crippen MR) is 91.5 cm³/mol. The molecule has 1 heterocycles. The van der Waals surface area contributed by atoms with Crippen molar-refractivity contribution in [2.45, 2.75) is 19.5 Å². The standard InChI is InChI=1S/C19H19NS/c1-15(16-8-4-2-5-9-16)20-12-18-13-21-14-19(18)17-10-6-3-7-11-17/h2-11,13-15,20H,12H2,1H3. The zero-order valence-corrected chi connectivity index (χ0v) is 12.9. The number of nitrogens with one attached hydrogen (secondary N) is 1. The van der Waals surface area contributed by atoms with E-state index in [1.165, 1.54) is 22.3 Å². The van der Waals surface area contributed by atoms with E-state index in [-0.39, 0.29) is 0 Å². The second kappa shape index (κ2) is 6.70. The fraction of sp³-hybridized carbons (Fsp3) is 0.158. The first-order chi connectivity index (χ1) is 10.3. The molecule has 2 aromatic carbocycles. The van der Waals surface area contributed by atoms with Crippen molar-refractivity contribution in [3.63, 3.8) is 0 Å². The molecule has 3 aromatic rings. The average molecular weight is 293 g/mol. The van der Waals surface area contributed by atoms with E-state index in [0.717, 1.165) is 6.54 Å². The number of benzene rings is 2. The van der Waals surface area contributed by atoms with Gasteiger partial charge in [0.15, 0.2) is 0 Å². The second-order valence-corrected chi connectivity index (χ2v) is 5.93. The van der Waals surface area contributed by atoms with Crippen molar-refractivity contribution in [3.05, 3.63) is 82.6 Å². The van der Waals surface area contributed by atoms with E-state index in [2.05, 4.69) is 83.7 Å². The predicted octanol–water partition coefficient (Wildman–Crippen LogP) is 5.27. The molecule has 0 aliphatic rings. The molecule has 106 valence electrons. The minimum atomic E-state index is 0.356. The van der Waals surface area contributed by atoms with Gasteiger partial charge in [0.2, 0.25) is 0 Å². The smallest absolute Gasteiger partial charge is 0.0294 e. The molecule has 1 N–H and O–H groups in total. The molecule has 0 fully saturated rings. The molecule has 3 rings (SSSR count). The molecule has 1 nitrogen and oxygen atoms in total. The Balaban J connectivity index is 1.71. The average Bonchev–Trinajstić information content (AvgIpc) is 3.03.